The summed E-state index contributed by atoms with van der Waals surface area (Å²) in [5.74, 6) is -0.0171. The molecule has 6 heteroatoms. The van der Waals surface area contributed by atoms with Gasteiger partial charge in [0.1, 0.15) is 0 Å². The first-order chi connectivity index (χ1) is 13.5. The van der Waals surface area contributed by atoms with Crippen LogP contribution in [0, 0.1) is 6.92 Å². The SMILES string of the molecule is Cc1nc2cc[nH]n2c(=O)c1CC(=O)N1c2ccccc2[C@]2(C)CCCC[C@H]12. The van der Waals surface area contributed by atoms with Gasteiger partial charge >= 0.3 is 0 Å². The molecule has 2 aromatic heterocycles. The Morgan fingerprint density at radius 3 is 2.96 bits per heavy atom. The van der Waals surface area contributed by atoms with E-state index in [-0.39, 0.29) is 29.3 Å². The van der Waals surface area contributed by atoms with E-state index < -0.39 is 0 Å². The molecule has 3 heterocycles. The van der Waals surface area contributed by atoms with Crippen LogP contribution in [0.4, 0.5) is 5.69 Å². The van der Waals surface area contributed by atoms with Crippen molar-refractivity contribution in [3.05, 3.63) is 63.7 Å². The quantitative estimate of drug-likeness (QED) is 0.747. The summed E-state index contributed by atoms with van der Waals surface area (Å²) in [5.41, 5.74) is 3.73. The number of fused-ring (bicyclic) bond motifs is 4. The lowest BCUT2D eigenvalue weighted by molar-refractivity contribution is -0.118. The van der Waals surface area contributed by atoms with E-state index in [1.807, 2.05) is 17.0 Å². The van der Waals surface area contributed by atoms with Crippen LogP contribution >= 0.6 is 0 Å². The molecule has 6 nitrogen and oxygen atoms in total. The van der Waals surface area contributed by atoms with Crippen LogP contribution in [0.15, 0.2) is 41.3 Å². The Kier molecular flexibility index (Phi) is 3.73. The first-order valence-electron chi connectivity index (χ1n) is 9.98. The van der Waals surface area contributed by atoms with Crippen LogP contribution in [-0.2, 0) is 16.6 Å². The Balaban J connectivity index is 1.56. The number of anilines is 1. The average Bonchev–Trinajstić information content (AvgIpc) is 3.25. The summed E-state index contributed by atoms with van der Waals surface area (Å²) < 4.78 is 1.40. The van der Waals surface area contributed by atoms with Crippen LogP contribution in [0.1, 0.15) is 49.4 Å². The number of H-pyrrole nitrogens is 1. The number of aryl methyl sites for hydroxylation is 1. The minimum absolute atomic E-state index is 0.00372. The Labute approximate surface area is 163 Å². The standard InChI is InChI=1S/C22H24N4O2/c1-14-15(21(28)26-19(24-14)10-12-23-26)13-20(27)25-17-8-4-3-7-16(17)22(2)11-6-5-9-18(22)25/h3-4,7-8,10,12,18,23H,5-6,9,11,13H2,1-2H3/t18-,22-/m0/s1. The summed E-state index contributed by atoms with van der Waals surface area (Å²) >= 11 is 0. The van der Waals surface area contributed by atoms with Gasteiger partial charge < -0.3 is 4.90 Å². The molecule has 1 fully saturated rings. The van der Waals surface area contributed by atoms with E-state index in [9.17, 15) is 9.59 Å². The number of nitrogens with zero attached hydrogens (tertiary/aromatic N) is 3. The van der Waals surface area contributed by atoms with Crippen molar-refractivity contribution in [2.45, 2.75) is 57.4 Å². The second-order valence-electron chi connectivity index (χ2n) is 8.27. The van der Waals surface area contributed by atoms with Gasteiger partial charge in [-0.1, -0.05) is 38.0 Å². The van der Waals surface area contributed by atoms with Crippen molar-refractivity contribution in [3.8, 4) is 0 Å². The third-order valence-corrected chi connectivity index (χ3v) is 6.69. The van der Waals surface area contributed by atoms with Gasteiger partial charge in [-0.3, -0.25) is 14.7 Å². The highest BCUT2D eigenvalue weighted by molar-refractivity contribution is 5.98. The molecule has 1 saturated carbocycles. The second-order valence-corrected chi connectivity index (χ2v) is 8.27. The molecule has 1 aromatic carbocycles. The first-order valence-corrected chi connectivity index (χ1v) is 9.98. The molecule has 0 unspecified atom stereocenters. The van der Waals surface area contributed by atoms with E-state index in [0.29, 0.717) is 16.9 Å². The third-order valence-electron chi connectivity index (χ3n) is 6.69. The Morgan fingerprint density at radius 2 is 2.11 bits per heavy atom. The number of amides is 1. The normalized spacial score (nSPS) is 23.6. The number of rotatable bonds is 2. The predicted octanol–water partition coefficient (Wildman–Crippen LogP) is 3.12. The molecule has 2 atom stereocenters. The molecule has 0 bridgehead atoms. The second kappa shape index (κ2) is 6.06. The van der Waals surface area contributed by atoms with Crippen LogP contribution in [-0.4, -0.2) is 26.5 Å². The summed E-state index contributed by atoms with van der Waals surface area (Å²) in [6.45, 7) is 4.09. The van der Waals surface area contributed by atoms with Crippen LogP contribution < -0.4 is 10.5 Å². The molecule has 28 heavy (non-hydrogen) atoms. The minimum Gasteiger partial charge on any atom is -0.308 e. The van der Waals surface area contributed by atoms with Gasteiger partial charge in [-0.05, 0) is 31.4 Å². The molecular formula is C22H24N4O2. The average molecular weight is 376 g/mol. The van der Waals surface area contributed by atoms with Gasteiger partial charge in [0.15, 0.2) is 5.65 Å². The Bertz CT molecular complexity index is 1140. The topological polar surface area (TPSA) is 70.5 Å². The zero-order chi connectivity index (χ0) is 19.5. The molecule has 1 N–H and O–H groups in total. The van der Waals surface area contributed by atoms with Gasteiger partial charge in [0.05, 0.1) is 6.42 Å². The van der Waals surface area contributed by atoms with E-state index in [4.69, 9.17) is 0 Å². The largest absolute Gasteiger partial charge is 0.308 e. The maximum absolute atomic E-state index is 13.5. The zero-order valence-corrected chi connectivity index (χ0v) is 16.2. The van der Waals surface area contributed by atoms with Crippen LogP contribution in [0.3, 0.4) is 0 Å². The highest BCUT2D eigenvalue weighted by Crippen LogP contribution is 2.52. The van der Waals surface area contributed by atoms with Crippen LogP contribution in [0.25, 0.3) is 5.65 Å². The van der Waals surface area contributed by atoms with Gasteiger partial charge in [-0.15, -0.1) is 0 Å². The summed E-state index contributed by atoms with van der Waals surface area (Å²) in [6.07, 6.45) is 6.17. The molecule has 5 rings (SSSR count). The van der Waals surface area contributed by atoms with E-state index in [2.05, 4.69) is 29.1 Å². The Hall–Kier alpha value is -2.89. The zero-order valence-electron chi connectivity index (χ0n) is 16.2. The van der Waals surface area contributed by atoms with E-state index in [1.165, 1.54) is 16.5 Å². The lowest BCUT2D eigenvalue weighted by Gasteiger charge is -2.39. The number of aromatic nitrogens is 3. The van der Waals surface area contributed by atoms with Crippen LogP contribution in [0.5, 0.6) is 0 Å². The first kappa shape index (κ1) is 17.2. The predicted molar refractivity (Wildman–Crippen MR) is 108 cm³/mol. The molecule has 1 aliphatic carbocycles. The van der Waals surface area contributed by atoms with Crippen molar-refractivity contribution >= 4 is 17.2 Å². The number of hydrogen-bond acceptors (Lipinski definition) is 3. The molecule has 1 aliphatic heterocycles. The number of hydrogen-bond donors (Lipinski definition) is 1. The highest BCUT2D eigenvalue weighted by Gasteiger charge is 2.50. The number of carbonyl (C=O) groups excluding carboxylic acids is 1. The minimum atomic E-state index is -0.195. The van der Waals surface area contributed by atoms with E-state index in [1.54, 1.807) is 19.2 Å². The van der Waals surface area contributed by atoms with Crippen molar-refractivity contribution < 1.29 is 4.79 Å². The third kappa shape index (κ3) is 2.30. The molecule has 0 spiro atoms. The summed E-state index contributed by atoms with van der Waals surface area (Å²) in [6, 6.07) is 10.2. The number of nitrogens with one attached hydrogen (secondary N) is 1. The molecule has 0 saturated heterocycles. The number of carbonyl (C=O) groups is 1. The van der Waals surface area contributed by atoms with Crippen LogP contribution in [0.2, 0.25) is 0 Å². The summed E-state index contributed by atoms with van der Waals surface area (Å²) in [4.78, 5) is 32.8. The van der Waals surface area contributed by atoms with Gasteiger partial charge in [0.25, 0.3) is 5.56 Å². The van der Waals surface area contributed by atoms with Gasteiger partial charge in [0.2, 0.25) is 5.91 Å². The number of para-hydroxylation sites is 1. The smallest absolute Gasteiger partial charge is 0.276 e. The van der Waals surface area contributed by atoms with Crippen molar-refractivity contribution in [2.75, 3.05) is 4.90 Å². The van der Waals surface area contributed by atoms with Crippen molar-refractivity contribution in [1.82, 2.24) is 14.6 Å². The highest BCUT2D eigenvalue weighted by atomic mass is 16.2. The molecule has 1 amide bonds. The molecular weight excluding hydrogens is 352 g/mol. The van der Waals surface area contributed by atoms with Gasteiger partial charge in [0, 0.05) is 40.7 Å². The van der Waals surface area contributed by atoms with Gasteiger partial charge in [-0.25, -0.2) is 9.50 Å². The maximum Gasteiger partial charge on any atom is 0.276 e. The molecule has 144 valence electrons. The molecule has 3 aromatic rings. The fraction of sp³-hybridized carbons (Fsp3) is 0.409. The summed E-state index contributed by atoms with van der Waals surface area (Å²) in [5, 5.41) is 2.88. The molecule has 0 radical (unpaired) electrons. The van der Waals surface area contributed by atoms with E-state index in [0.717, 1.165) is 24.9 Å². The number of benzene rings is 1. The lowest BCUT2D eigenvalue weighted by Crippen LogP contribution is -2.48. The van der Waals surface area contributed by atoms with Crippen molar-refractivity contribution in [2.24, 2.45) is 0 Å². The lowest BCUT2D eigenvalue weighted by atomic mass is 9.69. The fourth-order valence-corrected chi connectivity index (χ4v) is 5.23. The monoisotopic (exact) mass is 376 g/mol. The summed E-state index contributed by atoms with van der Waals surface area (Å²) in [7, 11) is 0. The van der Waals surface area contributed by atoms with Gasteiger partial charge in [-0.2, -0.15) is 0 Å². The maximum atomic E-state index is 13.5. The van der Waals surface area contributed by atoms with Crippen molar-refractivity contribution in [3.63, 3.8) is 0 Å². The van der Waals surface area contributed by atoms with E-state index >= 15 is 0 Å². The van der Waals surface area contributed by atoms with Crippen molar-refractivity contribution in [1.29, 1.82) is 0 Å². The fourth-order valence-electron chi connectivity index (χ4n) is 5.23. The molecule has 2 aliphatic rings. The Morgan fingerprint density at radius 1 is 1.29 bits per heavy atom. The number of aromatic amines is 1.